The normalized spacial score (nSPS) is 10.2. The summed E-state index contributed by atoms with van der Waals surface area (Å²) in [4.78, 5) is 22.5. The number of hydrogen-bond donors (Lipinski definition) is 2. The second kappa shape index (κ2) is 5.92. The summed E-state index contributed by atoms with van der Waals surface area (Å²) >= 11 is 3.26. The smallest absolute Gasteiger partial charge is 0.274 e. The maximum atomic E-state index is 12.1. The van der Waals surface area contributed by atoms with Crippen molar-refractivity contribution in [1.82, 2.24) is 0 Å². The second-order valence-corrected chi connectivity index (χ2v) is 5.36. The van der Waals surface area contributed by atoms with Crippen LogP contribution in [0, 0.1) is 17.0 Å². The van der Waals surface area contributed by atoms with Crippen LogP contribution in [0.2, 0.25) is 0 Å². The lowest BCUT2D eigenvalue weighted by Crippen LogP contribution is -2.14. The minimum Gasteiger partial charge on any atom is -0.398 e. The maximum absolute atomic E-state index is 12.1. The Hall–Kier alpha value is -2.41. The Kier molecular flexibility index (Phi) is 4.23. The van der Waals surface area contributed by atoms with E-state index in [0.717, 1.165) is 4.47 Å². The molecule has 1 amide bonds. The quantitative estimate of drug-likeness (QED) is 0.503. The van der Waals surface area contributed by atoms with Crippen LogP contribution in [0.25, 0.3) is 0 Å². The molecule has 7 heteroatoms. The zero-order valence-corrected chi connectivity index (χ0v) is 12.7. The number of benzene rings is 2. The first-order valence-corrected chi connectivity index (χ1v) is 6.79. The largest absolute Gasteiger partial charge is 0.398 e. The summed E-state index contributed by atoms with van der Waals surface area (Å²) in [7, 11) is 0. The van der Waals surface area contributed by atoms with Crippen molar-refractivity contribution in [3.8, 4) is 0 Å². The Labute approximate surface area is 129 Å². The molecule has 0 saturated heterocycles. The number of carbonyl (C=O) groups excluding carboxylic acids is 1. The van der Waals surface area contributed by atoms with Crippen LogP contribution < -0.4 is 11.1 Å². The molecule has 0 unspecified atom stereocenters. The fourth-order valence-electron chi connectivity index (χ4n) is 1.82. The van der Waals surface area contributed by atoms with Gasteiger partial charge in [-0.3, -0.25) is 14.9 Å². The number of nitrogens with zero attached hydrogens (tertiary/aromatic N) is 1. The van der Waals surface area contributed by atoms with E-state index < -0.39 is 10.8 Å². The van der Waals surface area contributed by atoms with Gasteiger partial charge in [0.1, 0.15) is 0 Å². The monoisotopic (exact) mass is 349 g/mol. The average Bonchev–Trinajstić information content (AvgIpc) is 2.40. The summed E-state index contributed by atoms with van der Waals surface area (Å²) in [5.41, 5.74) is 7.24. The lowest BCUT2D eigenvalue weighted by atomic mass is 10.1. The number of rotatable bonds is 3. The summed E-state index contributed by atoms with van der Waals surface area (Å²) in [6, 6.07) is 9.41. The zero-order chi connectivity index (χ0) is 15.6. The zero-order valence-electron chi connectivity index (χ0n) is 11.1. The Bertz CT molecular complexity index is 731. The summed E-state index contributed by atoms with van der Waals surface area (Å²) < 4.78 is 0.766. The van der Waals surface area contributed by atoms with Gasteiger partial charge in [0.2, 0.25) is 0 Å². The minimum atomic E-state index is -0.487. The molecule has 2 aromatic carbocycles. The van der Waals surface area contributed by atoms with E-state index in [9.17, 15) is 14.9 Å². The fourth-order valence-corrected chi connectivity index (χ4v) is 2.20. The number of nitro groups is 1. The van der Waals surface area contributed by atoms with Gasteiger partial charge in [-0.05, 0) is 31.2 Å². The van der Waals surface area contributed by atoms with Crippen molar-refractivity contribution in [3.63, 3.8) is 0 Å². The first kappa shape index (κ1) is 15.0. The first-order chi connectivity index (χ1) is 9.88. The van der Waals surface area contributed by atoms with E-state index in [1.807, 2.05) is 0 Å². The van der Waals surface area contributed by atoms with E-state index >= 15 is 0 Å². The van der Waals surface area contributed by atoms with Gasteiger partial charge in [-0.1, -0.05) is 22.0 Å². The highest BCUT2D eigenvalue weighted by Gasteiger charge is 2.14. The van der Waals surface area contributed by atoms with E-state index in [0.29, 0.717) is 22.5 Å². The van der Waals surface area contributed by atoms with Gasteiger partial charge >= 0.3 is 0 Å². The lowest BCUT2D eigenvalue weighted by Gasteiger charge is -2.08. The molecule has 2 aromatic rings. The first-order valence-electron chi connectivity index (χ1n) is 6.00. The van der Waals surface area contributed by atoms with Crippen LogP contribution in [0.3, 0.4) is 0 Å². The number of nitrogens with two attached hydrogens (primary N) is 1. The minimum absolute atomic E-state index is 0.0448. The van der Waals surface area contributed by atoms with Gasteiger partial charge < -0.3 is 11.1 Å². The van der Waals surface area contributed by atoms with E-state index in [2.05, 4.69) is 21.2 Å². The van der Waals surface area contributed by atoms with Crippen LogP contribution in [-0.2, 0) is 0 Å². The predicted molar refractivity (Wildman–Crippen MR) is 84.3 cm³/mol. The molecule has 0 aromatic heterocycles. The SMILES string of the molecule is Cc1ccc(NC(=O)c2ccc(Br)cc2N)cc1[N+](=O)[O-]. The highest BCUT2D eigenvalue weighted by atomic mass is 79.9. The van der Waals surface area contributed by atoms with Crippen molar-refractivity contribution in [3.05, 3.63) is 62.1 Å². The highest BCUT2D eigenvalue weighted by Crippen LogP contribution is 2.24. The van der Waals surface area contributed by atoms with Crippen molar-refractivity contribution in [2.45, 2.75) is 6.92 Å². The molecule has 0 radical (unpaired) electrons. The Morgan fingerprint density at radius 3 is 2.62 bits per heavy atom. The fraction of sp³-hybridized carbons (Fsp3) is 0.0714. The van der Waals surface area contributed by atoms with Crippen LogP contribution >= 0.6 is 15.9 Å². The third-order valence-corrected chi connectivity index (χ3v) is 3.42. The molecule has 0 heterocycles. The Morgan fingerprint density at radius 1 is 1.29 bits per heavy atom. The van der Waals surface area contributed by atoms with Gasteiger partial charge in [0, 0.05) is 27.5 Å². The van der Waals surface area contributed by atoms with Gasteiger partial charge in [0.15, 0.2) is 0 Å². The van der Waals surface area contributed by atoms with Crippen molar-refractivity contribution in [2.75, 3.05) is 11.1 Å². The second-order valence-electron chi connectivity index (χ2n) is 4.44. The van der Waals surface area contributed by atoms with Gasteiger partial charge in [-0.2, -0.15) is 0 Å². The molecular formula is C14H12BrN3O3. The van der Waals surface area contributed by atoms with Crippen LogP contribution in [0.15, 0.2) is 40.9 Å². The van der Waals surface area contributed by atoms with Crippen molar-refractivity contribution >= 4 is 38.9 Å². The maximum Gasteiger partial charge on any atom is 0.274 e. The van der Waals surface area contributed by atoms with Crippen molar-refractivity contribution < 1.29 is 9.72 Å². The number of nitrogen functional groups attached to an aromatic ring is 1. The molecular weight excluding hydrogens is 338 g/mol. The molecule has 0 aliphatic carbocycles. The lowest BCUT2D eigenvalue weighted by molar-refractivity contribution is -0.385. The third kappa shape index (κ3) is 3.38. The molecule has 3 N–H and O–H groups in total. The molecule has 0 aliphatic heterocycles. The number of halogens is 1. The Morgan fingerprint density at radius 2 is 2.00 bits per heavy atom. The van der Waals surface area contributed by atoms with Crippen molar-refractivity contribution in [1.29, 1.82) is 0 Å². The number of nitrogens with one attached hydrogen (secondary N) is 1. The molecule has 108 valence electrons. The standard InChI is InChI=1S/C14H12BrN3O3/c1-8-2-4-10(7-13(8)18(20)21)17-14(19)11-5-3-9(15)6-12(11)16/h2-7H,16H2,1H3,(H,17,19). The summed E-state index contributed by atoms with van der Waals surface area (Å²) in [5.74, 6) is -0.418. The number of anilines is 2. The highest BCUT2D eigenvalue weighted by molar-refractivity contribution is 9.10. The number of carbonyl (C=O) groups is 1. The predicted octanol–water partition coefficient (Wildman–Crippen LogP) is 3.50. The number of amides is 1. The van der Waals surface area contributed by atoms with Crippen LogP contribution in [-0.4, -0.2) is 10.8 Å². The van der Waals surface area contributed by atoms with E-state index in [1.165, 1.54) is 6.07 Å². The molecule has 6 nitrogen and oxygen atoms in total. The van der Waals surface area contributed by atoms with Crippen LogP contribution in [0.5, 0.6) is 0 Å². The Balaban J connectivity index is 2.27. The molecule has 0 aliphatic rings. The van der Waals surface area contributed by atoms with Gasteiger partial charge in [-0.15, -0.1) is 0 Å². The molecule has 0 saturated carbocycles. The van der Waals surface area contributed by atoms with Crippen LogP contribution in [0.4, 0.5) is 17.1 Å². The van der Waals surface area contributed by atoms with E-state index in [-0.39, 0.29) is 5.69 Å². The summed E-state index contributed by atoms with van der Waals surface area (Å²) in [6.45, 7) is 1.64. The number of hydrogen-bond acceptors (Lipinski definition) is 4. The van der Waals surface area contributed by atoms with E-state index in [1.54, 1.807) is 37.3 Å². The summed E-state index contributed by atoms with van der Waals surface area (Å²) in [6.07, 6.45) is 0. The van der Waals surface area contributed by atoms with Crippen molar-refractivity contribution in [2.24, 2.45) is 0 Å². The molecule has 2 rings (SSSR count). The van der Waals surface area contributed by atoms with Gasteiger partial charge in [0.25, 0.3) is 11.6 Å². The summed E-state index contributed by atoms with van der Waals surface area (Å²) in [5, 5.41) is 13.5. The molecule has 0 bridgehead atoms. The third-order valence-electron chi connectivity index (χ3n) is 2.92. The topological polar surface area (TPSA) is 98.3 Å². The number of nitro benzene ring substituents is 1. The molecule has 21 heavy (non-hydrogen) atoms. The average molecular weight is 350 g/mol. The molecule has 0 spiro atoms. The van der Waals surface area contributed by atoms with E-state index in [4.69, 9.17) is 5.73 Å². The molecule has 0 atom stereocenters. The van der Waals surface area contributed by atoms with Gasteiger partial charge in [0.05, 0.1) is 10.5 Å². The van der Waals surface area contributed by atoms with Crippen LogP contribution in [0.1, 0.15) is 15.9 Å². The molecule has 0 fully saturated rings. The van der Waals surface area contributed by atoms with Gasteiger partial charge in [-0.25, -0.2) is 0 Å². The number of aryl methyl sites for hydroxylation is 1.